The van der Waals surface area contributed by atoms with Crippen molar-refractivity contribution in [2.24, 2.45) is 26.1 Å². The van der Waals surface area contributed by atoms with E-state index in [-0.39, 0.29) is 90.4 Å². The number of sulfonamides is 1. The lowest BCUT2D eigenvalue weighted by Crippen LogP contribution is -2.50. The minimum absolute atomic E-state index is 0.00582. The number of benzene rings is 4. The van der Waals surface area contributed by atoms with Crippen LogP contribution in [0.25, 0.3) is 0 Å². The van der Waals surface area contributed by atoms with Crippen molar-refractivity contribution < 1.29 is 75.4 Å². The molecule has 32 nitrogen and oxygen atoms in total. The molecule has 576 valence electrons. The second kappa shape index (κ2) is 36.1. The monoisotopic (exact) mass is 1520 g/mol. The molecule has 4 amide bonds. The molecule has 8 N–H and O–H groups in total. The molecule has 0 spiro atoms. The smallest absolute Gasteiger partial charge is 0.297 e. The maximum atomic E-state index is 13.3. The van der Waals surface area contributed by atoms with E-state index >= 15 is 0 Å². The summed E-state index contributed by atoms with van der Waals surface area (Å²) in [7, 11) is 2.46. The van der Waals surface area contributed by atoms with Crippen molar-refractivity contribution in [3.05, 3.63) is 213 Å². The highest BCUT2D eigenvalue weighted by atomic mass is 32.2. The normalized spacial score (nSPS) is 15.6. The number of hydrogen-bond donors (Lipinski definition) is 8. The van der Waals surface area contributed by atoms with Crippen molar-refractivity contribution in [3.63, 3.8) is 0 Å². The van der Waals surface area contributed by atoms with E-state index in [4.69, 9.17) is 14.2 Å². The van der Waals surface area contributed by atoms with Crippen LogP contribution in [-0.2, 0) is 76.4 Å². The summed E-state index contributed by atoms with van der Waals surface area (Å²) in [6, 6.07) is 21.6. The molecule has 12 rings (SSSR count). The first-order chi connectivity index (χ1) is 51.4. The molecule has 0 saturated carbocycles. The molecule has 0 radical (unpaired) electrons. The van der Waals surface area contributed by atoms with Crippen LogP contribution in [0, 0.1) is 38.2 Å². The second-order valence-corrected chi connectivity index (χ2v) is 27.4. The van der Waals surface area contributed by atoms with Gasteiger partial charge in [-0.2, -0.15) is 0 Å². The van der Waals surface area contributed by atoms with Crippen LogP contribution in [0.2, 0.25) is 0 Å². The van der Waals surface area contributed by atoms with Gasteiger partial charge in [-0.1, -0.05) is 61.2 Å². The SMILES string of the molecule is C=C1C(O)=C(C(=O)NCc2ccc(F)cc2)N=C(N2CCCCS2(=O)=O)N1C.Cc1cc(CNC(=O)c2nc(N3CCOCC3)n(C)c(=O)c2O)ccc1F.Cc1ccc(CNC(=O)c2nc(N3CCOCC3)n(C)c(=O)c2O)cc1C.Cn1c(N2CCOCC2)nc(C(=O)NCc2ccc(F)cc2)c(O)c1=O. The van der Waals surface area contributed by atoms with Gasteiger partial charge < -0.3 is 75.5 Å². The quantitative estimate of drug-likeness (QED) is 0.0729. The van der Waals surface area contributed by atoms with E-state index in [1.807, 2.05) is 46.7 Å². The van der Waals surface area contributed by atoms with Crippen molar-refractivity contribution in [1.82, 2.24) is 59.1 Å². The van der Waals surface area contributed by atoms with Crippen molar-refractivity contribution in [3.8, 4) is 17.2 Å². The molecule has 36 heteroatoms. The van der Waals surface area contributed by atoms with Crippen molar-refractivity contribution in [2.45, 2.75) is 59.8 Å². The standard InChI is InChI=1S/C19H24N4O4.C18H21FN4O4S.C18H21FN4O4.C17H19FN4O4/c1-12-4-5-14(10-13(12)2)11-20-17(25)15-16(24)18(26)22(3)19(21-15)23-6-8-27-9-7-23;1-12-16(24)15(17(25)20-11-13-5-7-14(19)8-6-13)21-18(22(12)2)23-9-3-4-10-28(23,26)27;1-11-9-12(3-4-13(11)19)10-20-16(25)14-15(24)17(26)22(2)18(21-14)23-5-7-27-8-6-23;1-21-16(25)14(23)13(20-17(21)22-6-8-26-9-7-22)15(24)19-10-11-2-4-12(18)5-3-11/h4-5,10,24H,6-9,11H2,1-3H3,(H,20,25);5-8,24H,1,3-4,9-11H2,2H3,(H,20,25);3-4,9,24H,5-8,10H2,1-2H3,(H,20,25);2-5,23H,6-10H2,1H3,(H,19,24). The number of nitrogens with zero attached hydrogens (tertiary/aromatic N) is 12. The Labute approximate surface area is 618 Å². The predicted octanol–water partition coefficient (Wildman–Crippen LogP) is 3.41. The third-order valence-electron chi connectivity index (χ3n) is 17.9. The first-order valence-electron chi connectivity index (χ1n) is 34.2. The number of aromatic nitrogens is 6. The molecular weight excluding hydrogens is 1430 g/mol. The number of aliphatic imine (C=N–C) groups is 1. The summed E-state index contributed by atoms with van der Waals surface area (Å²) in [4.78, 5) is 111. The Bertz CT molecular complexity index is 4730. The van der Waals surface area contributed by atoms with Gasteiger partial charge in [0.05, 0.1) is 51.1 Å². The number of carbonyl (C=O) groups is 4. The molecule has 5 aliphatic rings. The van der Waals surface area contributed by atoms with Gasteiger partial charge in [0, 0.05) is 100 Å². The lowest BCUT2D eigenvalue weighted by molar-refractivity contribution is -0.117. The molecule has 0 bridgehead atoms. The summed E-state index contributed by atoms with van der Waals surface area (Å²) in [5.41, 5.74) is 2.49. The number of carbonyl (C=O) groups excluding carboxylic acids is 4. The third kappa shape index (κ3) is 19.7. The number of likely N-dealkylation sites (N-methyl/N-ethyl adjacent to an activating group) is 1. The number of amides is 4. The molecule has 4 aromatic carbocycles. The summed E-state index contributed by atoms with van der Waals surface area (Å²) in [5.74, 6) is -5.27. The number of morpholine rings is 3. The minimum Gasteiger partial charge on any atom is -0.504 e. The number of aryl methyl sites for hydroxylation is 3. The molecule has 108 heavy (non-hydrogen) atoms. The van der Waals surface area contributed by atoms with E-state index in [0.29, 0.717) is 132 Å². The molecule has 0 aliphatic carbocycles. The zero-order valence-corrected chi connectivity index (χ0v) is 61.3. The van der Waals surface area contributed by atoms with Crippen LogP contribution in [0.3, 0.4) is 0 Å². The topological polar surface area (TPSA) is 392 Å². The van der Waals surface area contributed by atoms with Crippen LogP contribution in [0.1, 0.15) is 83.3 Å². The van der Waals surface area contributed by atoms with Crippen LogP contribution in [0.4, 0.5) is 31.0 Å². The zero-order valence-electron chi connectivity index (χ0n) is 60.5. The molecule has 3 aromatic heterocycles. The van der Waals surface area contributed by atoms with E-state index in [2.05, 4.69) is 47.8 Å². The van der Waals surface area contributed by atoms with Gasteiger partial charge in [-0.05, 0) is 103 Å². The van der Waals surface area contributed by atoms with Crippen LogP contribution in [0.5, 0.6) is 17.2 Å². The first-order valence-corrected chi connectivity index (χ1v) is 35.8. The van der Waals surface area contributed by atoms with E-state index in [1.54, 1.807) is 19.1 Å². The van der Waals surface area contributed by atoms with Crippen LogP contribution >= 0.6 is 0 Å². The Balaban J connectivity index is 0.000000166. The molecule has 4 saturated heterocycles. The molecule has 5 aliphatic heterocycles. The number of aromatic hydroxyl groups is 3. The van der Waals surface area contributed by atoms with Gasteiger partial charge in [-0.25, -0.2) is 45.8 Å². The number of ether oxygens (including phenoxy) is 3. The Kier molecular flexibility index (Phi) is 26.9. The molecule has 4 fully saturated rings. The number of halogens is 3. The van der Waals surface area contributed by atoms with Crippen molar-refractivity contribution >= 4 is 57.5 Å². The van der Waals surface area contributed by atoms with E-state index in [0.717, 1.165) is 15.4 Å². The van der Waals surface area contributed by atoms with Gasteiger partial charge >= 0.3 is 0 Å². The summed E-state index contributed by atoms with van der Waals surface area (Å²) in [6.07, 6.45) is 1.23. The van der Waals surface area contributed by atoms with E-state index < -0.39 is 73.3 Å². The Morgan fingerprint density at radius 3 is 1.20 bits per heavy atom. The zero-order chi connectivity index (χ0) is 78.3. The number of guanidine groups is 1. The second-order valence-electron chi connectivity index (χ2n) is 25.4. The molecule has 7 aromatic rings. The minimum atomic E-state index is -3.56. The maximum Gasteiger partial charge on any atom is 0.297 e. The number of rotatable bonds is 15. The van der Waals surface area contributed by atoms with Gasteiger partial charge in [0.2, 0.25) is 51.1 Å². The lowest BCUT2D eigenvalue weighted by atomic mass is 10.1. The molecule has 8 heterocycles. The van der Waals surface area contributed by atoms with Crippen molar-refractivity contribution in [2.75, 3.05) is 113 Å². The number of aliphatic hydroxyl groups excluding tert-OH is 1. The first kappa shape index (κ1) is 80.5. The summed E-state index contributed by atoms with van der Waals surface area (Å²) in [6.45, 7) is 16.5. The van der Waals surface area contributed by atoms with Gasteiger partial charge in [-0.15, -0.1) is 0 Å². The highest BCUT2D eigenvalue weighted by Gasteiger charge is 2.37. The van der Waals surface area contributed by atoms with E-state index in [1.165, 1.54) is 107 Å². The Morgan fingerprint density at radius 2 is 0.833 bits per heavy atom. The fraction of sp³-hybridized carbons (Fsp3) is 0.375. The highest BCUT2D eigenvalue weighted by molar-refractivity contribution is 7.89. The van der Waals surface area contributed by atoms with Crippen LogP contribution < -0.4 is 52.6 Å². The average Bonchev–Trinajstić information content (AvgIpc) is 0.789. The summed E-state index contributed by atoms with van der Waals surface area (Å²) >= 11 is 0. The van der Waals surface area contributed by atoms with Crippen LogP contribution in [0.15, 0.2) is 128 Å². The van der Waals surface area contributed by atoms with E-state index in [9.17, 15) is 75.6 Å². The maximum absolute atomic E-state index is 13.3. The third-order valence-corrected chi connectivity index (χ3v) is 19.7. The predicted molar refractivity (Wildman–Crippen MR) is 391 cm³/mol. The number of aliphatic hydroxyl groups is 1. The molecule has 0 atom stereocenters. The number of hydrogen-bond acceptors (Lipinski definition) is 24. The largest absolute Gasteiger partial charge is 0.504 e. The number of nitrogens with one attached hydrogen (secondary N) is 4. The summed E-state index contributed by atoms with van der Waals surface area (Å²) < 4.78 is 84.7. The number of anilines is 3. The Morgan fingerprint density at radius 1 is 0.481 bits per heavy atom. The van der Waals surface area contributed by atoms with Gasteiger partial charge in [0.15, 0.2) is 28.5 Å². The van der Waals surface area contributed by atoms with Gasteiger partial charge in [-0.3, -0.25) is 47.3 Å². The fourth-order valence-electron chi connectivity index (χ4n) is 11.4. The molecule has 0 unspecified atom stereocenters. The van der Waals surface area contributed by atoms with Crippen molar-refractivity contribution in [1.29, 1.82) is 0 Å². The Hall–Kier alpha value is -11.6. The van der Waals surface area contributed by atoms with Gasteiger partial charge in [0.1, 0.15) is 17.5 Å². The fourth-order valence-corrected chi connectivity index (χ4v) is 13.0. The lowest BCUT2D eigenvalue weighted by Gasteiger charge is -2.36. The average molecular weight is 1520 g/mol. The summed E-state index contributed by atoms with van der Waals surface area (Å²) in [5, 5.41) is 51.1. The van der Waals surface area contributed by atoms with Gasteiger partial charge in [0.25, 0.3) is 40.3 Å². The van der Waals surface area contributed by atoms with Crippen LogP contribution in [-0.4, -0.2) is 195 Å². The highest BCUT2D eigenvalue weighted by Crippen LogP contribution is 2.28. The molecular formula is C72H85F3N16O16S.